The largest absolute Gasteiger partial charge is 0.391 e. The van der Waals surface area contributed by atoms with Crippen molar-refractivity contribution in [2.75, 3.05) is 0 Å². The Hall–Kier alpha value is -1.03. The second-order valence-corrected chi connectivity index (χ2v) is 4.36. The molecule has 17 heavy (non-hydrogen) atoms. The van der Waals surface area contributed by atoms with E-state index in [4.69, 9.17) is 0 Å². The summed E-state index contributed by atoms with van der Waals surface area (Å²) in [5, 5.41) is 9.90. The smallest absolute Gasteiger partial charge is 0.390 e. The fraction of sp³-hybridized carbons (Fsp3) is 0.538. The van der Waals surface area contributed by atoms with E-state index in [0.29, 0.717) is 6.42 Å². The van der Waals surface area contributed by atoms with Gasteiger partial charge in [0.15, 0.2) is 0 Å². The molecule has 0 radical (unpaired) electrons. The summed E-state index contributed by atoms with van der Waals surface area (Å²) >= 11 is 0. The third-order valence-corrected chi connectivity index (χ3v) is 2.91. The van der Waals surface area contributed by atoms with Crippen molar-refractivity contribution in [1.82, 2.24) is 0 Å². The van der Waals surface area contributed by atoms with Gasteiger partial charge in [-0.05, 0) is 24.8 Å². The van der Waals surface area contributed by atoms with Gasteiger partial charge < -0.3 is 5.11 Å². The highest BCUT2D eigenvalue weighted by Gasteiger charge is 2.39. The standard InChI is InChI=1S/C13H17F3O/c1-2-12(17,10-13(14,15)16)9-8-11-6-4-3-5-7-11/h3-7,17H,2,8-10H2,1H3. The first-order chi connectivity index (χ1) is 7.85. The summed E-state index contributed by atoms with van der Waals surface area (Å²) in [6.07, 6.45) is -4.75. The molecular formula is C13H17F3O. The van der Waals surface area contributed by atoms with Gasteiger partial charge in [0.2, 0.25) is 0 Å². The van der Waals surface area contributed by atoms with Crippen LogP contribution in [0, 0.1) is 0 Å². The summed E-state index contributed by atoms with van der Waals surface area (Å²) in [6.45, 7) is 1.58. The van der Waals surface area contributed by atoms with Crippen LogP contribution in [0.2, 0.25) is 0 Å². The zero-order chi connectivity index (χ0) is 12.9. The number of alkyl halides is 3. The van der Waals surface area contributed by atoms with Crippen LogP contribution in [0.15, 0.2) is 30.3 Å². The molecule has 0 aliphatic rings. The fourth-order valence-electron chi connectivity index (χ4n) is 1.78. The first-order valence-corrected chi connectivity index (χ1v) is 5.68. The molecule has 0 heterocycles. The summed E-state index contributed by atoms with van der Waals surface area (Å²) in [7, 11) is 0. The van der Waals surface area contributed by atoms with Crippen LogP contribution in [0.25, 0.3) is 0 Å². The molecule has 1 rings (SSSR count). The number of hydrogen-bond acceptors (Lipinski definition) is 1. The minimum absolute atomic E-state index is 0.110. The molecule has 96 valence electrons. The molecule has 1 atom stereocenters. The van der Waals surface area contributed by atoms with Gasteiger partial charge in [-0.2, -0.15) is 13.2 Å². The first kappa shape index (κ1) is 14.0. The van der Waals surface area contributed by atoms with Crippen molar-refractivity contribution in [2.24, 2.45) is 0 Å². The zero-order valence-corrected chi connectivity index (χ0v) is 9.80. The summed E-state index contributed by atoms with van der Waals surface area (Å²) in [5.74, 6) is 0. The van der Waals surface area contributed by atoms with Gasteiger partial charge in [-0.15, -0.1) is 0 Å². The predicted molar refractivity (Wildman–Crippen MR) is 60.7 cm³/mol. The maximum atomic E-state index is 12.3. The van der Waals surface area contributed by atoms with Gasteiger partial charge in [0.05, 0.1) is 12.0 Å². The Balaban J connectivity index is 2.58. The molecule has 0 saturated heterocycles. The lowest BCUT2D eigenvalue weighted by Gasteiger charge is -2.27. The number of aliphatic hydroxyl groups is 1. The quantitative estimate of drug-likeness (QED) is 0.839. The Kier molecular flexibility index (Phi) is 4.57. The molecule has 0 fully saturated rings. The molecule has 0 bridgehead atoms. The molecule has 0 aliphatic carbocycles. The minimum Gasteiger partial charge on any atom is -0.390 e. The number of benzene rings is 1. The van der Waals surface area contributed by atoms with E-state index in [1.165, 1.54) is 0 Å². The molecule has 0 aliphatic heterocycles. The predicted octanol–water partition coefficient (Wildman–Crippen LogP) is 3.71. The average Bonchev–Trinajstić information content (AvgIpc) is 2.26. The van der Waals surface area contributed by atoms with Crippen LogP contribution in [0.1, 0.15) is 31.7 Å². The number of halogens is 3. The lowest BCUT2D eigenvalue weighted by molar-refractivity contribution is -0.178. The van der Waals surface area contributed by atoms with Gasteiger partial charge >= 0.3 is 6.18 Å². The van der Waals surface area contributed by atoms with Crippen molar-refractivity contribution in [3.8, 4) is 0 Å². The second kappa shape index (κ2) is 5.54. The van der Waals surface area contributed by atoms with Gasteiger partial charge in [0.25, 0.3) is 0 Å². The van der Waals surface area contributed by atoms with E-state index in [0.717, 1.165) is 5.56 Å². The lowest BCUT2D eigenvalue weighted by atomic mass is 9.89. The first-order valence-electron chi connectivity index (χ1n) is 5.68. The topological polar surface area (TPSA) is 20.2 Å². The third-order valence-electron chi connectivity index (χ3n) is 2.91. The molecule has 0 amide bonds. The van der Waals surface area contributed by atoms with Crippen LogP contribution >= 0.6 is 0 Å². The average molecular weight is 246 g/mol. The lowest BCUT2D eigenvalue weighted by Crippen LogP contribution is -2.34. The highest BCUT2D eigenvalue weighted by Crippen LogP contribution is 2.32. The van der Waals surface area contributed by atoms with Crippen LogP contribution in [0.4, 0.5) is 13.2 Å². The Morgan fingerprint density at radius 3 is 2.18 bits per heavy atom. The number of aryl methyl sites for hydroxylation is 1. The molecule has 1 aromatic rings. The van der Waals surface area contributed by atoms with Crippen LogP contribution in [-0.2, 0) is 6.42 Å². The molecule has 0 spiro atoms. The Morgan fingerprint density at radius 2 is 1.71 bits per heavy atom. The van der Waals surface area contributed by atoms with Gasteiger partial charge in [-0.3, -0.25) is 0 Å². The maximum absolute atomic E-state index is 12.3. The Labute approximate surface area is 99.3 Å². The van der Waals surface area contributed by atoms with Gasteiger partial charge in [0.1, 0.15) is 0 Å². The van der Waals surface area contributed by atoms with Gasteiger partial charge in [-0.1, -0.05) is 37.3 Å². The van der Waals surface area contributed by atoms with Crippen molar-refractivity contribution >= 4 is 0 Å². The van der Waals surface area contributed by atoms with Gasteiger partial charge in [0, 0.05) is 0 Å². The SMILES string of the molecule is CCC(O)(CCc1ccccc1)CC(F)(F)F. The number of hydrogen-bond donors (Lipinski definition) is 1. The molecule has 1 aromatic carbocycles. The van der Waals surface area contributed by atoms with E-state index in [-0.39, 0.29) is 12.8 Å². The second-order valence-electron chi connectivity index (χ2n) is 4.36. The van der Waals surface area contributed by atoms with E-state index in [2.05, 4.69) is 0 Å². The zero-order valence-electron chi connectivity index (χ0n) is 9.80. The highest BCUT2D eigenvalue weighted by molar-refractivity contribution is 5.15. The van der Waals surface area contributed by atoms with Crippen molar-refractivity contribution < 1.29 is 18.3 Å². The molecule has 1 N–H and O–H groups in total. The maximum Gasteiger partial charge on any atom is 0.391 e. The van der Waals surface area contributed by atoms with E-state index in [9.17, 15) is 18.3 Å². The molecule has 0 aromatic heterocycles. The van der Waals surface area contributed by atoms with E-state index < -0.39 is 18.2 Å². The number of rotatable bonds is 5. The van der Waals surface area contributed by atoms with Gasteiger partial charge in [-0.25, -0.2) is 0 Å². The molecule has 4 heteroatoms. The summed E-state index contributed by atoms with van der Waals surface area (Å²) < 4.78 is 36.9. The fourth-order valence-corrected chi connectivity index (χ4v) is 1.78. The van der Waals surface area contributed by atoms with E-state index in [1.807, 2.05) is 30.3 Å². The Bertz CT molecular complexity index is 334. The Morgan fingerprint density at radius 1 is 1.12 bits per heavy atom. The molecule has 1 nitrogen and oxygen atoms in total. The van der Waals surface area contributed by atoms with Crippen molar-refractivity contribution in [3.63, 3.8) is 0 Å². The normalized spacial score (nSPS) is 15.6. The summed E-state index contributed by atoms with van der Waals surface area (Å²) in [6, 6.07) is 9.23. The van der Waals surface area contributed by atoms with Crippen molar-refractivity contribution in [1.29, 1.82) is 0 Å². The minimum atomic E-state index is -4.32. The third kappa shape index (κ3) is 5.22. The summed E-state index contributed by atoms with van der Waals surface area (Å²) in [4.78, 5) is 0. The van der Waals surface area contributed by atoms with Crippen molar-refractivity contribution in [3.05, 3.63) is 35.9 Å². The van der Waals surface area contributed by atoms with Crippen LogP contribution in [0.5, 0.6) is 0 Å². The van der Waals surface area contributed by atoms with Crippen molar-refractivity contribution in [2.45, 2.75) is 44.4 Å². The van der Waals surface area contributed by atoms with E-state index in [1.54, 1.807) is 6.92 Å². The highest BCUT2D eigenvalue weighted by atomic mass is 19.4. The monoisotopic (exact) mass is 246 g/mol. The van der Waals surface area contributed by atoms with Crippen LogP contribution < -0.4 is 0 Å². The van der Waals surface area contributed by atoms with E-state index >= 15 is 0 Å². The summed E-state index contributed by atoms with van der Waals surface area (Å²) in [5.41, 5.74) is -0.699. The van der Waals surface area contributed by atoms with Crippen LogP contribution in [-0.4, -0.2) is 16.9 Å². The molecular weight excluding hydrogens is 229 g/mol. The van der Waals surface area contributed by atoms with Crippen LogP contribution in [0.3, 0.4) is 0 Å². The molecule has 1 unspecified atom stereocenters. The molecule has 0 saturated carbocycles.